The molecule has 0 aliphatic rings. The Morgan fingerprint density at radius 1 is 1.31 bits per heavy atom. The number of hydrogen-bond donors (Lipinski definition) is 0. The van der Waals surface area contributed by atoms with Crippen molar-refractivity contribution in [3.63, 3.8) is 0 Å². The lowest BCUT2D eigenvalue weighted by molar-refractivity contribution is 0.730. The summed E-state index contributed by atoms with van der Waals surface area (Å²) >= 11 is 2.00. The minimum absolute atomic E-state index is 0.0103. The van der Waals surface area contributed by atoms with Crippen LogP contribution < -0.4 is 5.56 Å². The van der Waals surface area contributed by atoms with Crippen molar-refractivity contribution in [3.8, 4) is 0 Å². The van der Waals surface area contributed by atoms with Gasteiger partial charge in [0.2, 0.25) is 0 Å². The zero-order chi connectivity index (χ0) is 11.5. The summed E-state index contributed by atoms with van der Waals surface area (Å²) in [4.78, 5) is 15.8. The first-order valence-electron chi connectivity index (χ1n) is 4.92. The molecule has 1 aromatic carbocycles. The highest BCUT2D eigenvalue weighted by atomic mass is 127. The van der Waals surface area contributed by atoms with Gasteiger partial charge in [-0.1, -0.05) is 29.8 Å². The second-order valence-electron chi connectivity index (χ2n) is 3.66. The second-order valence-corrected chi connectivity index (χ2v) is 4.82. The first kappa shape index (κ1) is 11.3. The Balaban J connectivity index is 2.31. The van der Waals surface area contributed by atoms with E-state index in [2.05, 4.69) is 4.98 Å². The van der Waals surface area contributed by atoms with Crippen LogP contribution >= 0.6 is 22.6 Å². The highest BCUT2D eigenvalue weighted by molar-refractivity contribution is 14.1. The molecule has 0 radical (unpaired) electrons. The van der Waals surface area contributed by atoms with E-state index in [0.29, 0.717) is 10.1 Å². The number of benzene rings is 1. The minimum Gasteiger partial charge on any atom is -0.294 e. The molecule has 4 heteroatoms. The molecule has 1 heterocycles. The van der Waals surface area contributed by atoms with Crippen molar-refractivity contribution in [2.24, 2.45) is 0 Å². The van der Waals surface area contributed by atoms with Gasteiger partial charge in [-0.05, 0) is 35.1 Å². The van der Waals surface area contributed by atoms with Crippen molar-refractivity contribution >= 4 is 22.6 Å². The number of halogens is 1. The van der Waals surface area contributed by atoms with Gasteiger partial charge in [-0.2, -0.15) is 0 Å². The maximum absolute atomic E-state index is 11.8. The summed E-state index contributed by atoms with van der Waals surface area (Å²) < 4.78 is 2.26. The van der Waals surface area contributed by atoms with Crippen molar-refractivity contribution in [1.82, 2.24) is 9.55 Å². The smallest absolute Gasteiger partial charge is 0.267 e. The Morgan fingerprint density at radius 2 is 2.00 bits per heavy atom. The van der Waals surface area contributed by atoms with Crippen LogP contribution in [0.15, 0.2) is 41.6 Å². The Hall–Kier alpha value is -1.17. The summed E-state index contributed by atoms with van der Waals surface area (Å²) in [5, 5.41) is 0. The van der Waals surface area contributed by atoms with Gasteiger partial charge in [-0.15, -0.1) is 0 Å². The minimum atomic E-state index is 0.0103. The third-order valence-electron chi connectivity index (χ3n) is 2.33. The van der Waals surface area contributed by atoms with E-state index in [9.17, 15) is 4.79 Å². The van der Waals surface area contributed by atoms with E-state index in [1.165, 1.54) is 5.56 Å². The Morgan fingerprint density at radius 3 is 2.69 bits per heavy atom. The Labute approximate surface area is 107 Å². The molecule has 0 aliphatic carbocycles. The van der Waals surface area contributed by atoms with Gasteiger partial charge < -0.3 is 0 Å². The van der Waals surface area contributed by atoms with E-state index in [1.54, 1.807) is 17.1 Å². The molecule has 2 aromatic rings. The van der Waals surface area contributed by atoms with E-state index in [0.717, 1.165) is 5.56 Å². The first-order chi connectivity index (χ1) is 7.66. The quantitative estimate of drug-likeness (QED) is 0.793. The fraction of sp³-hybridized carbons (Fsp3) is 0.167. The topological polar surface area (TPSA) is 34.9 Å². The van der Waals surface area contributed by atoms with E-state index >= 15 is 0 Å². The van der Waals surface area contributed by atoms with E-state index in [-0.39, 0.29) is 5.56 Å². The molecule has 1 aromatic heterocycles. The summed E-state index contributed by atoms with van der Waals surface area (Å²) in [6.45, 7) is 2.62. The number of aromatic nitrogens is 2. The van der Waals surface area contributed by atoms with Crippen LogP contribution in [0.1, 0.15) is 11.1 Å². The van der Waals surface area contributed by atoms with Gasteiger partial charge in [0.25, 0.3) is 5.56 Å². The van der Waals surface area contributed by atoms with Crippen LogP contribution in [0.2, 0.25) is 0 Å². The molecule has 3 nitrogen and oxygen atoms in total. The molecule has 0 aliphatic heterocycles. The van der Waals surface area contributed by atoms with Crippen molar-refractivity contribution in [3.05, 3.63) is 61.8 Å². The normalized spacial score (nSPS) is 10.4. The molecular formula is C12H11IN2O. The summed E-state index contributed by atoms with van der Waals surface area (Å²) in [5.74, 6) is 0. The van der Waals surface area contributed by atoms with Gasteiger partial charge in [0.05, 0.1) is 16.4 Å². The van der Waals surface area contributed by atoms with Crippen LogP contribution in [0.4, 0.5) is 0 Å². The third-order valence-corrected chi connectivity index (χ3v) is 3.07. The molecule has 0 saturated carbocycles. The molecule has 16 heavy (non-hydrogen) atoms. The molecule has 0 fully saturated rings. The SMILES string of the molecule is Cc1ccc(Cn2cncc(I)c2=O)cc1. The predicted molar refractivity (Wildman–Crippen MR) is 71.5 cm³/mol. The van der Waals surface area contributed by atoms with Gasteiger partial charge in [0, 0.05) is 6.20 Å². The van der Waals surface area contributed by atoms with Crippen LogP contribution in [0, 0.1) is 10.5 Å². The summed E-state index contributed by atoms with van der Waals surface area (Å²) in [7, 11) is 0. The first-order valence-corrected chi connectivity index (χ1v) is 6.00. The van der Waals surface area contributed by atoms with Crippen molar-refractivity contribution in [2.45, 2.75) is 13.5 Å². The summed E-state index contributed by atoms with van der Waals surface area (Å²) in [6, 6.07) is 8.15. The lowest BCUT2D eigenvalue weighted by Crippen LogP contribution is -2.22. The molecule has 0 saturated heterocycles. The lowest BCUT2D eigenvalue weighted by Gasteiger charge is -2.05. The standard InChI is InChI=1S/C12H11IN2O/c1-9-2-4-10(5-3-9)7-15-8-14-6-11(13)12(15)16/h2-6,8H,7H2,1H3. The maximum atomic E-state index is 11.8. The monoisotopic (exact) mass is 326 g/mol. The zero-order valence-corrected chi connectivity index (χ0v) is 11.0. The Bertz CT molecular complexity index is 546. The van der Waals surface area contributed by atoms with Gasteiger partial charge >= 0.3 is 0 Å². The highest BCUT2D eigenvalue weighted by Crippen LogP contribution is 2.04. The van der Waals surface area contributed by atoms with Crippen LogP contribution in [-0.4, -0.2) is 9.55 Å². The molecule has 0 amide bonds. The number of rotatable bonds is 2. The van der Waals surface area contributed by atoms with Crippen LogP contribution in [0.25, 0.3) is 0 Å². The van der Waals surface area contributed by atoms with Crippen molar-refractivity contribution in [2.75, 3.05) is 0 Å². The van der Waals surface area contributed by atoms with Gasteiger partial charge in [-0.3, -0.25) is 9.36 Å². The average Bonchev–Trinajstić information content (AvgIpc) is 2.28. The van der Waals surface area contributed by atoms with E-state index < -0.39 is 0 Å². The Kier molecular flexibility index (Phi) is 3.38. The van der Waals surface area contributed by atoms with Gasteiger partial charge in [0.1, 0.15) is 0 Å². The molecule has 0 bridgehead atoms. The predicted octanol–water partition coefficient (Wildman–Crippen LogP) is 2.20. The molecular weight excluding hydrogens is 315 g/mol. The fourth-order valence-electron chi connectivity index (χ4n) is 1.43. The lowest BCUT2D eigenvalue weighted by atomic mass is 10.1. The summed E-state index contributed by atoms with van der Waals surface area (Å²) in [5.41, 5.74) is 2.34. The molecule has 0 atom stereocenters. The van der Waals surface area contributed by atoms with Crippen LogP contribution in [0.3, 0.4) is 0 Å². The van der Waals surface area contributed by atoms with Gasteiger partial charge in [0.15, 0.2) is 0 Å². The van der Waals surface area contributed by atoms with Crippen LogP contribution in [0.5, 0.6) is 0 Å². The van der Waals surface area contributed by atoms with Gasteiger partial charge in [-0.25, -0.2) is 4.98 Å². The molecule has 0 spiro atoms. The molecule has 0 N–H and O–H groups in total. The zero-order valence-electron chi connectivity index (χ0n) is 8.85. The van der Waals surface area contributed by atoms with E-state index in [4.69, 9.17) is 0 Å². The van der Waals surface area contributed by atoms with Crippen LogP contribution in [-0.2, 0) is 6.54 Å². The highest BCUT2D eigenvalue weighted by Gasteiger charge is 2.01. The van der Waals surface area contributed by atoms with Crippen molar-refractivity contribution in [1.29, 1.82) is 0 Å². The number of aryl methyl sites for hydroxylation is 1. The molecule has 2 rings (SSSR count). The molecule has 0 unspecified atom stereocenters. The largest absolute Gasteiger partial charge is 0.294 e. The van der Waals surface area contributed by atoms with Crippen molar-refractivity contribution < 1.29 is 0 Å². The number of nitrogens with zero attached hydrogens (tertiary/aromatic N) is 2. The fourth-order valence-corrected chi connectivity index (χ4v) is 1.90. The average molecular weight is 326 g/mol. The second kappa shape index (κ2) is 4.78. The summed E-state index contributed by atoms with van der Waals surface area (Å²) in [6.07, 6.45) is 3.15. The maximum Gasteiger partial charge on any atom is 0.267 e. The van der Waals surface area contributed by atoms with E-state index in [1.807, 2.05) is 53.8 Å². The number of hydrogen-bond acceptors (Lipinski definition) is 2. The molecule has 82 valence electrons. The third kappa shape index (κ3) is 2.49.